The molecule has 0 saturated carbocycles. The van der Waals surface area contributed by atoms with Gasteiger partial charge in [-0.3, -0.25) is 4.98 Å². The van der Waals surface area contributed by atoms with Crippen molar-refractivity contribution in [3.8, 4) is 45.1 Å². The van der Waals surface area contributed by atoms with Crippen molar-refractivity contribution in [2.45, 2.75) is 0 Å². The van der Waals surface area contributed by atoms with Crippen LogP contribution in [0.25, 0.3) is 33.6 Å². The fraction of sp³-hybridized carbons (Fsp3) is 0.192. The molecule has 0 atom stereocenters. The van der Waals surface area contributed by atoms with Crippen LogP contribution in [-0.4, -0.2) is 49.2 Å². The van der Waals surface area contributed by atoms with Gasteiger partial charge in [0.25, 0.3) is 0 Å². The highest BCUT2D eigenvalue weighted by atomic mass is 35.5. The van der Waals surface area contributed by atoms with Gasteiger partial charge >= 0.3 is 0 Å². The SMILES string of the molecule is COc1cc(-c2cc(-c3ccc(OCCN(C)C)cc3)[nH]c2-c2ccncc2)ccc1Cl.Cl. The second-order valence-electron chi connectivity index (χ2n) is 7.73. The number of nitrogens with one attached hydrogen (secondary N) is 1. The quantitative estimate of drug-likeness (QED) is 0.313. The Morgan fingerprint density at radius 3 is 2.27 bits per heavy atom. The Morgan fingerprint density at radius 2 is 1.61 bits per heavy atom. The number of hydrogen-bond donors (Lipinski definition) is 1. The van der Waals surface area contributed by atoms with Gasteiger partial charge in [0.1, 0.15) is 18.1 Å². The molecule has 1 N–H and O–H groups in total. The zero-order valence-electron chi connectivity index (χ0n) is 18.8. The van der Waals surface area contributed by atoms with E-state index in [0.29, 0.717) is 17.4 Å². The highest BCUT2D eigenvalue weighted by Gasteiger charge is 2.15. The molecule has 0 unspecified atom stereocenters. The molecule has 0 aliphatic carbocycles. The molecule has 2 aromatic carbocycles. The van der Waals surface area contributed by atoms with Crippen LogP contribution in [0.2, 0.25) is 5.02 Å². The summed E-state index contributed by atoms with van der Waals surface area (Å²) >= 11 is 6.25. The van der Waals surface area contributed by atoms with Gasteiger partial charge in [-0.25, -0.2) is 0 Å². The third-order valence-corrected chi connectivity index (χ3v) is 5.53. The van der Waals surface area contributed by atoms with Gasteiger partial charge in [0, 0.05) is 35.8 Å². The van der Waals surface area contributed by atoms with Gasteiger partial charge in [-0.05, 0) is 79.8 Å². The number of benzene rings is 2. The molecule has 2 aromatic heterocycles. The number of rotatable bonds is 8. The molecule has 4 rings (SSSR count). The number of hydrogen-bond acceptors (Lipinski definition) is 4. The Bertz CT molecular complexity index is 1180. The highest BCUT2D eigenvalue weighted by Crippen LogP contribution is 2.38. The molecule has 2 heterocycles. The van der Waals surface area contributed by atoms with Crippen LogP contribution < -0.4 is 9.47 Å². The lowest BCUT2D eigenvalue weighted by atomic mass is 10.0. The molecule has 4 aromatic rings. The van der Waals surface area contributed by atoms with Crippen LogP contribution in [0.1, 0.15) is 0 Å². The van der Waals surface area contributed by atoms with Crippen molar-refractivity contribution in [2.75, 3.05) is 34.4 Å². The van der Waals surface area contributed by atoms with Crippen LogP contribution in [0, 0.1) is 0 Å². The maximum absolute atomic E-state index is 6.25. The number of methoxy groups -OCH3 is 1. The number of pyridine rings is 1. The van der Waals surface area contributed by atoms with E-state index in [9.17, 15) is 0 Å². The molecule has 0 aliphatic rings. The molecule has 0 radical (unpaired) electrons. The first kappa shape index (κ1) is 24.6. The van der Waals surface area contributed by atoms with Gasteiger partial charge in [0.15, 0.2) is 0 Å². The Balaban J connectivity index is 0.00000306. The van der Waals surface area contributed by atoms with Gasteiger partial charge in [0.2, 0.25) is 0 Å². The third kappa shape index (κ3) is 5.88. The lowest BCUT2D eigenvalue weighted by Crippen LogP contribution is -2.19. The molecular formula is C26H27Cl2N3O2. The summed E-state index contributed by atoms with van der Waals surface area (Å²) in [4.78, 5) is 9.85. The fourth-order valence-corrected chi connectivity index (χ4v) is 3.68. The summed E-state index contributed by atoms with van der Waals surface area (Å²) in [5.74, 6) is 1.51. The minimum absolute atomic E-state index is 0. The smallest absolute Gasteiger partial charge is 0.138 e. The summed E-state index contributed by atoms with van der Waals surface area (Å²) in [5, 5.41) is 0.585. The number of ether oxygens (including phenoxy) is 2. The number of nitrogens with zero attached hydrogens (tertiary/aromatic N) is 2. The molecule has 0 aliphatic heterocycles. The van der Waals surface area contributed by atoms with Crippen LogP contribution in [-0.2, 0) is 0 Å². The molecule has 0 spiro atoms. The first-order valence-corrected chi connectivity index (χ1v) is 10.8. The van der Waals surface area contributed by atoms with E-state index in [4.69, 9.17) is 21.1 Å². The van der Waals surface area contributed by atoms with E-state index in [2.05, 4.69) is 33.1 Å². The Hall–Kier alpha value is -2.99. The molecule has 0 fully saturated rings. The first-order chi connectivity index (χ1) is 15.5. The molecule has 0 bridgehead atoms. The topological polar surface area (TPSA) is 50.4 Å². The molecule has 0 saturated heterocycles. The normalized spacial score (nSPS) is 10.7. The predicted molar refractivity (Wildman–Crippen MR) is 138 cm³/mol. The summed E-state index contributed by atoms with van der Waals surface area (Å²) in [7, 11) is 5.69. The second-order valence-corrected chi connectivity index (χ2v) is 8.14. The molecule has 33 heavy (non-hydrogen) atoms. The maximum Gasteiger partial charge on any atom is 0.138 e. The number of aromatic nitrogens is 2. The van der Waals surface area contributed by atoms with E-state index >= 15 is 0 Å². The molecule has 0 amide bonds. The largest absolute Gasteiger partial charge is 0.495 e. The van der Waals surface area contributed by atoms with Crippen molar-refractivity contribution in [2.24, 2.45) is 0 Å². The summed E-state index contributed by atoms with van der Waals surface area (Å²) in [5.41, 5.74) is 6.24. The van der Waals surface area contributed by atoms with Crippen LogP contribution in [0.5, 0.6) is 11.5 Å². The van der Waals surface area contributed by atoms with Crippen molar-refractivity contribution in [3.05, 3.63) is 78.1 Å². The van der Waals surface area contributed by atoms with Crippen LogP contribution in [0.15, 0.2) is 73.1 Å². The molecule has 7 heteroatoms. The minimum Gasteiger partial charge on any atom is -0.495 e. The number of H-pyrrole nitrogens is 1. The van der Waals surface area contributed by atoms with Crippen LogP contribution in [0.4, 0.5) is 0 Å². The van der Waals surface area contributed by atoms with E-state index in [-0.39, 0.29) is 12.4 Å². The van der Waals surface area contributed by atoms with Crippen molar-refractivity contribution < 1.29 is 9.47 Å². The molecule has 172 valence electrons. The zero-order valence-corrected chi connectivity index (χ0v) is 20.4. The summed E-state index contributed by atoms with van der Waals surface area (Å²) < 4.78 is 11.3. The van der Waals surface area contributed by atoms with Crippen LogP contribution in [0.3, 0.4) is 0 Å². The zero-order chi connectivity index (χ0) is 22.5. The highest BCUT2D eigenvalue weighted by molar-refractivity contribution is 6.32. The van der Waals surface area contributed by atoms with E-state index in [1.54, 1.807) is 19.5 Å². The fourth-order valence-electron chi connectivity index (χ4n) is 3.49. The van der Waals surface area contributed by atoms with Crippen molar-refractivity contribution in [1.29, 1.82) is 0 Å². The van der Waals surface area contributed by atoms with Gasteiger partial charge in [-0.1, -0.05) is 17.7 Å². The van der Waals surface area contributed by atoms with Crippen molar-refractivity contribution in [1.82, 2.24) is 14.9 Å². The van der Waals surface area contributed by atoms with Gasteiger partial charge < -0.3 is 19.4 Å². The van der Waals surface area contributed by atoms with E-state index in [0.717, 1.165) is 45.9 Å². The Labute approximate surface area is 205 Å². The predicted octanol–water partition coefficient (Wildman–Crippen LogP) is 6.43. The summed E-state index contributed by atoms with van der Waals surface area (Å²) in [6.07, 6.45) is 3.59. The van der Waals surface area contributed by atoms with Gasteiger partial charge in [-0.15, -0.1) is 12.4 Å². The van der Waals surface area contributed by atoms with E-state index in [1.165, 1.54) is 0 Å². The van der Waals surface area contributed by atoms with Crippen molar-refractivity contribution in [3.63, 3.8) is 0 Å². The summed E-state index contributed by atoms with van der Waals surface area (Å²) in [6, 6.07) is 20.1. The lowest BCUT2D eigenvalue weighted by Gasteiger charge is -2.11. The first-order valence-electron chi connectivity index (χ1n) is 10.4. The number of halogens is 2. The average Bonchev–Trinajstić information content (AvgIpc) is 3.26. The maximum atomic E-state index is 6.25. The molecular weight excluding hydrogens is 457 g/mol. The number of aromatic amines is 1. The van der Waals surface area contributed by atoms with Gasteiger partial charge in [0.05, 0.1) is 17.8 Å². The number of likely N-dealkylation sites (N-methyl/N-ethyl adjacent to an activating group) is 1. The van der Waals surface area contributed by atoms with Crippen molar-refractivity contribution >= 4 is 24.0 Å². The Morgan fingerprint density at radius 1 is 0.909 bits per heavy atom. The van der Waals surface area contributed by atoms with Gasteiger partial charge in [-0.2, -0.15) is 0 Å². The average molecular weight is 484 g/mol. The Kier molecular flexibility index (Phi) is 8.39. The minimum atomic E-state index is 0. The summed E-state index contributed by atoms with van der Waals surface area (Å²) in [6.45, 7) is 1.53. The molecule has 5 nitrogen and oxygen atoms in total. The lowest BCUT2D eigenvalue weighted by molar-refractivity contribution is 0.261. The van der Waals surface area contributed by atoms with E-state index in [1.807, 2.05) is 56.6 Å². The van der Waals surface area contributed by atoms with E-state index < -0.39 is 0 Å². The third-order valence-electron chi connectivity index (χ3n) is 5.22. The standard InChI is InChI=1S/C26H26ClN3O2.ClH/c1-30(2)14-15-32-21-7-4-18(5-8-21)24-17-22(20-6-9-23(27)25(16-20)31-3)26(29-24)19-10-12-28-13-11-19;/h4-13,16-17,29H,14-15H2,1-3H3;1H. The second kappa shape index (κ2) is 11.2. The monoisotopic (exact) mass is 483 g/mol. The van der Waals surface area contributed by atoms with Crippen LogP contribution >= 0.6 is 24.0 Å².